The molecule has 1 spiro atoms. The van der Waals surface area contributed by atoms with Crippen molar-refractivity contribution in [3.8, 4) is 22.9 Å². The monoisotopic (exact) mass is 601 g/mol. The Labute approximate surface area is 243 Å². The van der Waals surface area contributed by atoms with Crippen molar-refractivity contribution in [2.24, 2.45) is 5.41 Å². The molecule has 5 rings (SSSR count). The Bertz CT molecular complexity index is 1650. The third kappa shape index (κ3) is 6.44. The average molecular weight is 602 g/mol. The highest BCUT2D eigenvalue weighted by Crippen LogP contribution is 2.54. The summed E-state index contributed by atoms with van der Waals surface area (Å²) in [6.45, 7) is 12.0. The summed E-state index contributed by atoms with van der Waals surface area (Å²) in [6.07, 6.45) is 4.71. The number of rotatable bonds is 7. The first-order valence-corrected chi connectivity index (χ1v) is 16.8. The summed E-state index contributed by atoms with van der Waals surface area (Å²) in [5.41, 5.74) is 2.28. The van der Waals surface area contributed by atoms with Crippen LogP contribution in [0.5, 0.6) is 0 Å². The van der Waals surface area contributed by atoms with Gasteiger partial charge in [-0.1, -0.05) is 6.07 Å². The van der Waals surface area contributed by atoms with Crippen LogP contribution in [0.2, 0.25) is 0 Å². The summed E-state index contributed by atoms with van der Waals surface area (Å²) in [5, 5.41) is 8.54. The molecule has 41 heavy (non-hydrogen) atoms. The standard InChI is InChI=1S/C29H39N5O5S2/c1-27(2,3)33-40(35,36)22-9-7-8-20(18-22)25-30-31-26(39-25)23-11-10-21(32-41(37,38)28(4,5)6)19-24(23)34-16-14-29(12-13-29)15-17-34/h7-11,18-19,32-33H,12-17H2,1-6H3. The van der Waals surface area contributed by atoms with E-state index in [0.29, 0.717) is 22.2 Å². The third-order valence-corrected chi connectivity index (χ3v) is 11.5. The van der Waals surface area contributed by atoms with Crippen LogP contribution in [0.4, 0.5) is 11.4 Å². The Kier molecular flexibility index (Phi) is 7.27. The van der Waals surface area contributed by atoms with Crippen LogP contribution in [0.1, 0.15) is 67.2 Å². The number of benzene rings is 2. The second-order valence-electron chi connectivity index (χ2n) is 13.2. The first-order valence-electron chi connectivity index (χ1n) is 13.9. The second-order valence-corrected chi connectivity index (χ2v) is 17.4. The molecule has 0 amide bonds. The number of hydrogen-bond donors (Lipinski definition) is 2. The van der Waals surface area contributed by atoms with Crippen LogP contribution in [0, 0.1) is 5.41 Å². The fourth-order valence-electron chi connectivity index (χ4n) is 4.95. The minimum absolute atomic E-state index is 0.100. The van der Waals surface area contributed by atoms with Crippen molar-refractivity contribution in [3.63, 3.8) is 0 Å². The number of aromatic nitrogens is 2. The highest BCUT2D eigenvalue weighted by atomic mass is 32.2. The molecule has 2 fully saturated rings. The summed E-state index contributed by atoms with van der Waals surface area (Å²) in [6, 6.07) is 11.7. The van der Waals surface area contributed by atoms with Crippen LogP contribution in [0.15, 0.2) is 51.8 Å². The van der Waals surface area contributed by atoms with Gasteiger partial charge in [-0.15, -0.1) is 10.2 Å². The number of nitrogens with one attached hydrogen (secondary N) is 2. The molecule has 0 unspecified atom stereocenters. The summed E-state index contributed by atoms with van der Waals surface area (Å²) in [7, 11) is -7.37. The molecule has 2 N–H and O–H groups in total. The predicted molar refractivity (Wildman–Crippen MR) is 161 cm³/mol. The normalized spacial score (nSPS) is 17.6. The number of anilines is 2. The molecule has 0 bridgehead atoms. The lowest BCUT2D eigenvalue weighted by atomic mass is 9.93. The first-order chi connectivity index (χ1) is 19.0. The lowest BCUT2D eigenvalue weighted by Crippen LogP contribution is -2.40. The molecule has 12 heteroatoms. The lowest BCUT2D eigenvalue weighted by Gasteiger charge is -2.35. The van der Waals surface area contributed by atoms with E-state index < -0.39 is 30.3 Å². The minimum Gasteiger partial charge on any atom is -0.416 e. The molecule has 0 radical (unpaired) electrons. The molecule has 1 aliphatic heterocycles. The van der Waals surface area contributed by atoms with Gasteiger partial charge in [-0.05, 0) is 109 Å². The van der Waals surface area contributed by atoms with Crippen molar-refractivity contribution >= 4 is 31.4 Å². The molecule has 1 saturated heterocycles. The summed E-state index contributed by atoms with van der Waals surface area (Å²) in [4.78, 5) is 2.35. The maximum Gasteiger partial charge on any atom is 0.250 e. The van der Waals surface area contributed by atoms with E-state index >= 15 is 0 Å². The first kappa shape index (κ1) is 29.5. The van der Waals surface area contributed by atoms with Gasteiger partial charge in [0.2, 0.25) is 31.8 Å². The predicted octanol–water partition coefficient (Wildman–Crippen LogP) is 5.40. The zero-order valence-corrected chi connectivity index (χ0v) is 26.1. The van der Waals surface area contributed by atoms with Crippen LogP contribution < -0.4 is 14.3 Å². The molecule has 0 atom stereocenters. The molecule has 3 aromatic rings. The van der Waals surface area contributed by atoms with Crippen LogP contribution in [-0.2, 0) is 20.0 Å². The molecule has 10 nitrogen and oxygen atoms in total. The molecular formula is C29H39N5O5S2. The zero-order chi connectivity index (χ0) is 29.8. The molecule has 2 heterocycles. The van der Waals surface area contributed by atoms with Gasteiger partial charge in [-0.3, -0.25) is 4.72 Å². The second kappa shape index (κ2) is 10.1. The highest BCUT2D eigenvalue weighted by Gasteiger charge is 2.44. The van der Waals surface area contributed by atoms with Gasteiger partial charge >= 0.3 is 0 Å². The van der Waals surface area contributed by atoms with Crippen LogP contribution in [0.3, 0.4) is 0 Å². The van der Waals surface area contributed by atoms with Crippen LogP contribution >= 0.6 is 0 Å². The number of piperidine rings is 1. The average Bonchev–Trinajstić information content (AvgIpc) is 3.42. The van der Waals surface area contributed by atoms with Crippen molar-refractivity contribution in [2.45, 2.75) is 82.4 Å². The van der Waals surface area contributed by atoms with Gasteiger partial charge < -0.3 is 9.32 Å². The van der Waals surface area contributed by atoms with Crippen molar-refractivity contribution < 1.29 is 21.3 Å². The van der Waals surface area contributed by atoms with E-state index in [9.17, 15) is 16.8 Å². The molecule has 2 aromatic carbocycles. The third-order valence-electron chi connectivity index (χ3n) is 7.67. The summed E-state index contributed by atoms with van der Waals surface area (Å²) < 4.78 is 62.1. The Morgan fingerprint density at radius 1 is 0.854 bits per heavy atom. The van der Waals surface area contributed by atoms with Gasteiger partial charge in [0.1, 0.15) is 0 Å². The van der Waals surface area contributed by atoms with Crippen molar-refractivity contribution in [2.75, 3.05) is 22.7 Å². The molecule has 222 valence electrons. The minimum atomic E-state index is -3.75. The van der Waals surface area contributed by atoms with Crippen molar-refractivity contribution in [1.29, 1.82) is 0 Å². The Balaban J connectivity index is 1.49. The molecule has 1 aromatic heterocycles. The molecular weight excluding hydrogens is 562 g/mol. The van der Waals surface area contributed by atoms with Gasteiger partial charge in [-0.2, -0.15) is 0 Å². The lowest BCUT2D eigenvalue weighted by molar-refractivity contribution is 0.384. The molecule has 2 aliphatic rings. The fraction of sp³-hybridized carbons (Fsp3) is 0.517. The van der Waals surface area contributed by atoms with E-state index in [0.717, 1.165) is 31.6 Å². The van der Waals surface area contributed by atoms with Crippen LogP contribution in [0.25, 0.3) is 22.9 Å². The quantitative estimate of drug-likeness (QED) is 0.368. The largest absolute Gasteiger partial charge is 0.416 e. The van der Waals surface area contributed by atoms with Gasteiger partial charge in [0.15, 0.2) is 0 Å². The van der Waals surface area contributed by atoms with Gasteiger partial charge in [-0.25, -0.2) is 21.6 Å². The fourth-order valence-corrected chi connectivity index (χ4v) is 7.16. The Hall–Kier alpha value is -2.96. The maximum absolute atomic E-state index is 12.9. The van der Waals surface area contributed by atoms with Crippen molar-refractivity contribution in [1.82, 2.24) is 14.9 Å². The zero-order valence-electron chi connectivity index (χ0n) is 24.5. The maximum atomic E-state index is 12.9. The number of hydrogen-bond acceptors (Lipinski definition) is 8. The highest BCUT2D eigenvalue weighted by molar-refractivity contribution is 7.94. The molecule has 1 aliphatic carbocycles. The Morgan fingerprint density at radius 2 is 1.51 bits per heavy atom. The van der Waals surface area contributed by atoms with E-state index in [1.54, 1.807) is 65.8 Å². The van der Waals surface area contributed by atoms with E-state index in [2.05, 4.69) is 24.5 Å². The van der Waals surface area contributed by atoms with E-state index in [1.165, 1.54) is 25.0 Å². The SMILES string of the molecule is CC(C)(C)NS(=O)(=O)c1cccc(-c2nnc(-c3ccc(NS(=O)(=O)C(C)(C)C)cc3N3CCC4(CC3)CC4)o2)c1. The summed E-state index contributed by atoms with van der Waals surface area (Å²) >= 11 is 0. The topological polar surface area (TPSA) is 134 Å². The van der Waals surface area contributed by atoms with E-state index in [1.807, 2.05) is 6.07 Å². The number of sulfonamides is 2. The number of nitrogens with zero attached hydrogens (tertiary/aromatic N) is 3. The van der Waals surface area contributed by atoms with Gasteiger partial charge in [0, 0.05) is 24.2 Å². The van der Waals surface area contributed by atoms with Gasteiger partial charge in [0.25, 0.3) is 0 Å². The van der Waals surface area contributed by atoms with Gasteiger partial charge in [0.05, 0.1) is 26.6 Å². The van der Waals surface area contributed by atoms with Crippen molar-refractivity contribution in [3.05, 3.63) is 42.5 Å². The van der Waals surface area contributed by atoms with E-state index in [-0.39, 0.29) is 16.7 Å². The molecule has 1 saturated carbocycles. The van der Waals surface area contributed by atoms with E-state index in [4.69, 9.17) is 4.42 Å². The Morgan fingerprint density at radius 3 is 2.12 bits per heavy atom. The van der Waals surface area contributed by atoms with Crippen LogP contribution in [-0.4, -0.2) is 50.4 Å². The smallest absolute Gasteiger partial charge is 0.250 e. The summed E-state index contributed by atoms with van der Waals surface area (Å²) in [5.74, 6) is 0.458.